The summed E-state index contributed by atoms with van der Waals surface area (Å²) >= 11 is 5.83. The van der Waals surface area contributed by atoms with Crippen LogP contribution >= 0.6 is 11.6 Å². The topological polar surface area (TPSA) is 141 Å². The number of hydrogen-bond donors (Lipinski definition) is 1. The number of alkyl halides is 1. The first-order chi connectivity index (χ1) is 14.3. The van der Waals surface area contributed by atoms with Crippen molar-refractivity contribution in [3.05, 3.63) is 11.6 Å². The second-order valence-corrected chi connectivity index (χ2v) is 6.66. The Morgan fingerprint density at radius 2 is 2.00 bits per heavy atom. The summed E-state index contributed by atoms with van der Waals surface area (Å²) in [6.45, 7) is 3.08. The van der Waals surface area contributed by atoms with Crippen molar-refractivity contribution < 1.29 is 32.9 Å². The summed E-state index contributed by atoms with van der Waals surface area (Å²) in [4.78, 5) is 35.9. The van der Waals surface area contributed by atoms with Gasteiger partial charge in [0.15, 0.2) is 17.7 Å². The molecule has 0 aliphatic carbocycles. The van der Waals surface area contributed by atoms with Crippen molar-refractivity contribution >= 4 is 40.5 Å². The van der Waals surface area contributed by atoms with Gasteiger partial charge in [0.2, 0.25) is 5.28 Å². The van der Waals surface area contributed by atoms with Gasteiger partial charge in [-0.3, -0.25) is 4.57 Å². The molecule has 0 aromatic carbocycles. The molecule has 11 nitrogen and oxygen atoms in total. The molecule has 0 bridgehead atoms. The maximum Gasteiger partial charge on any atom is 0.347 e. The number of nitrogens with zero attached hydrogens (tertiary/aromatic N) is 4. The van der Waals surface area contributed by atoms with Crippen LogP contribution < -0.4 is 5.73 Å². The van der Waals surface area contributed by atoms with Crippen LogP contribution in [0.3, 0.4) is 0 Å². The number of carbonyl (C=O) groups is 2. The molecule has 2 N–H and O–H groups in total. The summed E-state index contributed by atoms with van der Waals surface area (Å²) in [6.07, 6.45) is -3.55. The number of fused-ring (bicyclic) bond motifs is 1. The number of carbonyl (C=O) groups excluding carboxylic acids is 2. The van der Waals surface area contributed by atoms with Gasteiger partial charge in [0.1, 0.15) is 11.7 Å². The maximum atomic E-state index is 14.7. The fourth-order valence-electron chi connectivity index (χ4n) is 3.02. The van der Waals surface area contributed by atoms with Crippen LogP contribution in [0.1, 0.15) is 26.5 Å². The van der Waals surface area contributed by atoms with Gasteiger partial charge in [-0.15, -0.1) is 0 Å². The highest BCUT2D eigenvalue weighted by atomic mass is 35.5. The third-order valence-corrected chi connectivity index (χ3v) is 4.44. The molecule has 2 aromatic heterocycles. The average molecular weight is 446 g/mol. The van der Waals surface area contributed by atoms with Crippen LogP contribution in [0.15, 0.2) is 6.33 Å². The number of aromatic nitrogens is 4. The normalized spacial score (nSPS) is 21.3. The van der Waals surface area contributed by atoms with E-state index >= 15 is 0 Å². The zero-order chi connectivity index (χ0) is 21.8. The first-order valence-electron chi connectivity index (χ1n) is 9.25. The van der Waals surface area contributed by atoms with Gasteiger partial charge in [-0.1, -0.05) is 0 Å². The summed E-state index contributed by atoms with van der Waals surface area (Å²) in [5.74, 6) is -1.71. The third kappa shape index (κ3) is 4.60. The number of ether oxygens (including phenoxy) is 4. The SMILES string of the molecule is CCOC(=O)C(OC[C@@H]1C[C@H](F)[C@H](n2cnc3c(N)nc(Cl)nc32)O1)C(=O)OCC. The van der Waals surface area contributed by atoms with Crippen molar-refractivity contribution in [2.45, 2.75) is 44.9 Å². The first-order valence-corrected chi connectivity index (χ1v) is 9.63. The van der Waals surface area contributed by atoms with Crippen LogP contribution in [0.25, 0.3) is 11.2 Å². The zero-order valence-corrected chi connectivity index (χ0v) is 17.0. The molecule has 0 saturated carbocycles. The summed E-state index contributed by atoms with van der Waals surface area (Å²) in [5.41, 5.74) is 6.25. The summed E-state index contributed by atoms with van der Waals surface area (Å²) in [5, 5.41) is -0.109. The Bertz CT molecular complexity index is 909. The molecule has 0 radical (unpaired) electrons. The van der Waals surface area contributed by atoms with E-state index in [1.807, 2.05) is 0 Å². The van der Waals surface area contributed by atoms with Crippen LogP contribution in [0.2, 0.25) is 5.28 Å². The monoisotopic (exact) mass is 445 g/mol. The van der Waals surface area contributed by atoms with Crippen molar-refractivity contribution in [1.29, 1.82) is 0 Å². The lowest BCUT2D eigenvalue weighted by atomic mass is 10.2. The lowest BCUT2D eigenvalue weighted by Gasteiger charge is -2.18. The standard InChI is InChI=1S/C17H21ClFN5O6/c1-3-27-15(25)11(16(26)28-4-2)29-6-8-5-9(19)14(30-8)24-7-21-10-12(20)22-17(18)23-13(10)24/h7-9,11,14H,3-6H2,1-2H3,(H2,20,22,23)/t8-,9-,14+/m0/s1. The molecular weight excluding hydrogens is 425 g/mol. The Labute approximate surface area is 175 Å². The zero-order valence-electron chi connectivity index (χ0n) is 16.3. The Kier molecular flexibility index (Phi) is 7.00. The molecule has 1 saturated heterocycles. The second kappa shape index (κ2) is 9.49. The molecule has 0 amide bonds. The van der Waals surface area contributed by atoms with E-state index in [4.69, 9.17) is 36.3 Å². The van der Waals surface area contributed by atoms with E-state index < -0.39 is 36.5 Å². The van der Waals surface area contributed by atoms with Crippen LogP contribution in [0.4, 0.5) is 10.2 Å². The molecule has 1 fully saturated rings. The Morgan fingerprint density at radius 1 is 1.33 bits per heavy atom. The molecule has 3 rings (SSSR count). The van der Waals surface area contributed by atoms with E-state index in [9.17, 15) is 14.0 Å². The van der Waals surface area contributed by atoms with Gasteiger partial charge in [0, 0.05) is 6.42 Å². The number of nitrogens with two attached hydrogens (primary N) is 1. The van der Waals surface area contributed by atoms with Crippen LogP contribution in [0.5, 0.6) is 0 Å². The average Bonchev–Trinajstić information content (AvgIpc) is 3.25. The molecule has 1 aliphatic heterocycles. The van der Waals surface area contributed by atoms with Gasteiger partial charge >= 0.3 is 11.9 Å². The second-order valence-electron chi connectivity index (χ2n) is 6.32. The van der Waals surface area contributed by atoms with Gasteiger partial charge < -0.3 is 24.7 Å². The van der Waals surface area contributed by atoms with E-state index in [2.05, 4.69) is 15.0 Å². The van der Waals surface area contributed by atoms with Gasteiger partial charge in [-0.05, 0) is 25.4 Å². The van der Waals surface area contributed by atoms with E-state index in [0.29, 0.717) is 0 Å². The largest absolute Gasteiger partial charge is 0.464 e. The smallest absolute Gasteiger partial charge is 0.347 e. The van der Waals surface area contributed by atoms with E-state index in [-0.39, 0.29) is 48.5 Å². The number of nitrogen functional groups attached to an aromatic ring is 1. The predicted octanol–water partition coefficient (Wildman–Crippen LogP) is 1.20. The molecule has 3 atom stereocenters. The van der Waals surface area contributed by atoms with Crippen molar-refractivity contribution in [1.82, 2.24) is 19.5 Å². The van der Waals surface area contributed by atoms with Crippen LogP contribution in [0, 0.1) is 0 Å². The number of esters is 2. The fraction of sp³-hybridized carbons (Fsp3) is 0.588. The van der Waals surface area contributed by atoms with Crippen LogP contribution in [-0.4, -0.2) is 69.7 Å². The highest BCUT2D eigenvalue weighted by molar-refractivity contribution is 6.28. The Morgan fingerprint density at radius 3 is 2.63 bits per heavy atom. The predicted molar refractivity (Wildman–Crippen MR) is 101 cm³/mol. The van der Waals surface area contributed by atoms with Gasteiger partial charge in [0.25, 0.3) is 6.10 Å². The summed E-state index contributed by atoms with van der Waals surface area (Å²) in [6, 6.07) is 0. The molecular formula is C17H21ClFN5O6. The minimum atomic E-state index is -1.58. The molecule has 13 heteroatoms. The van der Waals surface area contributed by atoms with E-state index in [1.54, 1.807) is 13.8 Å². The van der Waals surface area contributed by atoms with Gasteiger partial charge in [-0.25, -0.2) is 19.0 Å². The first kappa shape index (κ1) is 22.1. The minimum Gasteiger partial charge on any atom is -0.464 e. The van der Waals surface area contributed by atoms with Crippen molar-refractivity contribution in [3.63, 3.8) is 0 Å². The molecule has 3 heterocycles. The quantitative estimate of drug-likeness (QED) is 0.358. The Hall–Kier alpha value is -2.57. The highest BCUT2D eigenvalue weighted by Gasteiger charge is 2.40. The van der Waals surface area contributed by atoms with Crippen molar-refractivity contribution in [3.8, 4) is 0 Å². The van der Waals surface area contributed by atoms with E-state index in [0.717, 1.165) is 0 Å². The molecule has 0 unspecified atom stereocenters. The lowest BCUT2D eigenvalue weighted by Crippen LogP contribution is -2.38. The van der Waals surface area contributed by atoms with Gasteiger partial charge in [0.05, 0.1) is 32.3 Å². The van der Waals surface area contributed by atoms with E-state index in [1.165, 1.54) is 10.9 Å². The summed E-state index contributed by atoms with van der Waals surface area (Å²) < 4.78 is 36.8. The van der Waals surface area contributed by atoms with Gasteiger partial charge in [-0.2, -0.15) is 9.97 Å². The number of anilines is 1. The number of imidazole rings is 1. The fourth-order valence-corrected chi connectivity index (χ4v) is 3.19. The van der Waals surface area contributed by atoms with Crippen LogP contribution in [-0.2, 0) is 28.5 Å². The summed E-state index contributed by atoms with van der Waals surface area (Å²) in [7, 11) is 0. The minimum absolute atomic E-state index is 0.0446. The molecule has 30 heavy (non-hydrogen) atoms. The number of halogens is 2. The molecule has 164 valence electrons. The molecule has 1 aliphatic rings. The lowest BCUT2D eigenvalue weighted by molar-refractivity contribution is -0.175. The Balaban J connectivity index is 1.70. The molecule has 0 spiro atoms. The third-order valence-electron chi connectivity index (χ3n) is 4.27. The highest BCUT2D eigenvalue weighted by Crippen LogP contribution is 2.34. The maximum absolute atomic E-state index is 14.7. The number of rotatable bonds is 8. The van der Waals surface area contributed by atoms with Crippen molar-refractivity contribution in [2.24, 2.45) is 0 Å². The number of hydrogen-bond acceptors (Lipinski definition) is 10. The molecule has 2 aromatic rings. The van der Waals surface area contributed by atoms with Crippen molar-refractivity contribution in [2.75, 3.05) is 25.6 Å².